The van der Waals surface area contributed by atoms with Crippen molar-refractivity contribution in [2.45, 2.75) is 25.7 Å². The second-order valence-corrected chi connectivity index (χ2v) is 10.2. The molecule has 0 radical (unpaired) electrons. The second-order valence-electron chi connectivity index (χ2n) is 10.2. The lowest BCUT2D eigenvalue weighted by Crippen LogP contribution is -2.52. The third-order valence-electron chi connectivity index (χ3n) is 7.60. The van der Waals surface area contributed by atoms with Gasteiger partial charge in [-0.1, -0.05) is 18.9 Å². The maximum atomic E-state index is 13.6. The van der Waals surface area contributed by atoms with Crippen LogP contribution in [0.15, 0.2) is 72.8 Å². The van der Waals surface area contributed by atoms with Crippen LogP contribution < -0.4 is 9.47 Å². The van der Waals surface area contributed by atoms with Gasteiger partial charge in [0, 0.05) is 23.3 Å². The molecule has 0 aromatic heterocycles. The lowest BCUT2D eigenvalue weighted by Gasteiger charge is -2.30. The normalized spacial score (nSPS) is 17.7. The van der Waals surface area contributed by atoms with Gasteiger partial charge in [-0.05, 0) is 67.4 Å². The minimum atomic E-state index is -0.826. The molecule has 12 heteroatoms. The summed E-state index contributed by atoms with van der Waals surface area (Å²) in [6, 6.07) is 16.7. The Bertz CT molecular complexity index is 1580. The number of non-ortho nitro benzene ring substituents is 1. The summed E-state index contributed by atoms with van der Waals surface area (Å²) in [6.07, 6.45) is 2.57. The molecular weight excluding hydrogens is 558 g/mol. The van der Waals surface area contributed by atoms with Crippen molar-refractivity contribution < 1.29 is 38.4 Å². The number of rotatable bonds is 9. The Hall–Kier alpha value is -5.39. The molecule has 2 aliphatic rings. The van der Waals surface area contributed by atoms with Crippen molar-refractivity contribution in [2.24, 2.45) is 11.8 Å². The number of Topliss-reactive ketones (excluding diaryl/α,β-unsaturated/α-hetero) is 1. The summed E-state index contributed by atoms with van der Waals surface area (Å²) in [5.74, 6) is -3.62. The van der Waals surface area contributed by atoms with Crippen LogP contribution in [0.2, 0.25) is 0 Å². The number of methoxy groups -OCH3 is 1. The van der Waals surface area contributed by atoms with E-state index in [9.17, 15) is 34.1 Å². The monoisotopic (exact) mass is 585 g/mol. The van der Waals surface area contributed by atoms with Crippen LogP contribution in [-0.4, -0.2) is 58.1 Å². The number of carbonyl (C=O) groups is 5. The van der Waals surface area contributed by atoms with E-state index in [1.54, 1.807) is 18.2 Å². The molecule has 5 rings (SSSR count). The number of hydrogen-bond acceptors (Lipinski definition) is 9. The van der Waals surface area contributed by atoms with Crippen LogP contribution >= 0.6 is 0 Å². The van der Waals surface area contributed by atoms with Gasteiger partial charge in [-0.25, -0.2) is 9.80 Å². The highest BCUT2D eigenvalue weighted by Gasteiger charge is 2.51. The Morgan fingerprint density at radius 1 is 0.860 bits per heavy atom. The highest BCUT2D eigenvalue weighted by atomic mass is 16.6. The number of hydrazine groups is 1. The third-order valence-corrected chi connectivity index (χ3v) is 7.60. The van der Waals surface area contributed by atoms with Crippen LogP contribution in [0.25, 0.3) is 0 Å². The van der Waals surface area contributed by atoms with Gasteiger partial charge in [-0.2, -0.15) is 5.01 Å². The Balaban J connectivity index is 1.37. The number of imide groups is 1. The van der Waals surface area contributed by atoms with Crippen molar-refractivity contribution in [2.75, 3.05) is 13.7 Å². The van der Waals surface area contributed by atoms with E-state index in [-0.39, 0.29) is 28.1 Å². The Morgan fingerprint density at radius 2 is 1.47 bits per heavy atom. The molecule has 0 spiro atoms. The number of hydrogen-bond donors (Lipinski definition) is 0. The van der Waals surface area contributed by atoms with E-state index in [0.717, 1.165) is 35.0 Å². The van der Waals surface area contributed by atoms with Crippen molar-refractivity contribution >= 4 is 35.2 Å². The molecule has 1 aliphatic heterocycles. The van der Waals surface area contributed by atoms with Crippen LogP contribution in [0, 0.1) is 22.0 Å². The van der Waals surface area contributed by atoms with Crippen LogP contribution in [0.1, 0.15) is 56.8 Å². The molecule has 1 saturated carbocycles. The van der Waals surface area contributed by atoms with E-state index in [0.29, 0.717) is 18.6 Å². The summed E-state index contributed by atoms with van der Waals surface area (Å²) in [5, 5.41) is 12.7. The average Bonchev–Trinajstić information content (AvgIpc) is 3.28. The van der Waals surface area contributed by atoms with Gasteiger partial charge >= 0.3 is 5.97 Å². The largest absolute Gasteiger partial charge is 0.497 e. The van der Waals surface area contributed by atoms with Gasteiger partial charge in [-0.3, -0.25) is 29.3 Å². The van der Waals surface area contributed by atoms with Crippen molar-refractivity contribution in [3.8, 4) is 11.5 Å². The van der Waals surface area contributed by atoms with Crippen molar-refractivity contribution in [3.63, 3.8) is 0 Å². The third kappa shape index (κ3) is 5.98. The molecule has 0 unspecified atom stereocenters. The number of amides is 3. The van der Waals surface area contributed by atoms with E-state index in [1.165, 1.54) is 49.6 Å². The number of ether oxygens (including phenoxy) is 2. The quantitative estimate of drug-likeness (QED) is 0.0896. The van der Waals surface area contributed by atoms with Gasteiger partial charge in [0.2, 0.25) is 0 Å². The van der Waals surface area contributed by atoms with Crippen LogP contribution in [0.5, 0.6) is 11.5 Å². The second kappa shape index (κ2) is 12.2. The molecule has 43 heavy (non-hydrogen) atoms. The Morgan fingerprint density at radius 3 is 2.05 bits per heavy atom. The molecule has 0 bridgehead atoms. The van der Waals surface area contributed by atoms with E-state index >= 15 is 0 Å². The highest BCUT2D eigenvalue weighted by Crippen LogP contribution is 2.39. The fraction of sp³-hybridized carbons (Fsp3) is 0.258. The zero-order valence-corrected chi connectivity index (χ0v) is 23.1. The summed E-state index contributed by atoms with van der Waals surface area (Å²) in [4.78, 5) is 76.7. The Labute approximate surface area is 245 Å². The van der Waals surface area contributed by atoms with Crippen molar-refractivity contribution in [1.82, 2.24) is 10.0 Å². The summed E-state index contributed by atoms with van der Waals surface area (Å²) in [5.41, 5.74) is 0.124. The first-order chi connectivity index (χ1) is 20.7. The van der Waals surface area contributed by atoms with E-state index in [2.05, 4.69) is 0 Å². The summed E-state index contributed by atoms with van der Waals surface area (Å²) >= 11 is 0. The molecule has 1 saturated heterocycles. The first-order valence-corrected chi connectivity index (χ1v) is 13.6. The maximum absolute atomic E-state index is 13.6. The molecule has 2 atom stereocenters. The average molecular weight is 586 g/mol. The zero-order valence-electron chi connectivity index (χ0n) is 23.1. The van der Waals surface area contributed by atoms with Crippen LogP contribution in [0.4, 0.5) is 5.69 Å². The minimum absolute atomic E-state index is 0.0336. The molecule has 3 amide bonds. The van der Waals surface area contributed by atoms with Gasteiger partial charge < -0.3 is 9.47 Å². The van der Waals surface area contributed by atoms with Gasteiger partial charge in [-0.15, -0.1) is 0 Å². The van der Waals surface area contributed by atoms with Crippen molar-refractivity contribution in [1.29, 1.82) is 0 Å². The van der Waals surface area contributed by atoms with Crippen molar-refractivity contribution in [3.05, 3.63) is 99.6 Å². The first-order valence-electron chi connectivity index (χ1n) is 13.6. The van der Waals surface area contributed by atoms with E-state index in [1.807, 2.05) is 0 Å². The topological polar surface area (TPSA) is 153 Å². The van der Waals surface area contributed by atoms with Crippen LogP contribution in [-0.2, 0) is 9.59 Å². The number of esters is 1. The number of carbonyl (C=O) groups excluding carboxylic acids is 5. The number of ketones is 1. The van der Waals surface area contributed by atoms with Gasteiger partial charge in [0.25, 0.3) is 23.4 Å². The number of benzene rings is 3. The number of nitro groups is 1. The maximum Gasteiger partial charge on any atom is 0.343 e. The molecule has 2 fully saturated rings. The standard InChI is InChI=1S/C31H27N3O9/c1-42-24-6-4-5-21(17-24)31(39)43-23-15-11-19(12-16-23)27(35)18-32(28(36)20-9-13-22(14-10-20)34(40)41)33-29(37)25-7-2-3-8-26(25)30(33)38/h4-6,9-17,25-26H,2-3,7-8,18H2,1H3/t25-,26-/m1/s1. The molecular formula is C31H27N3O9. The molecule has 1 aliphatic carbocycles. The molecule has 1 heterocycles. The fourth-order valence-corrected chi connectivity index (χ4v) is 5.34. The highest BCUT2D eigenvalue weighted by molar-refractivity contribution is 6.09. The molecule has 3 aromatic carbocycles. The van der Waals surface area contributed by atoms with Crippen LogP contribution in [0.3, 0.4) is 0 Å². The molecule has 0 N–H and O–H groups in total. The number of fused-ring (bicyclic) bond motifs is 1. The predicted octanol–water partition coefficient (Wildman–Crippen LogP) is 4.24. The van der Waals surface area contributed by atoms with E-state index in [4.69, 9.17) is 9.47 Å². The summed E-state index contributed by atoms with van der Waals surface area (Å²) < 4.78 is 10.5. The van der Waals surface area contributed by atoms with E-state index < -0.39 is 52.8 Å². The van der Waals surface area contributed by atoms with Gasteiger partial charge in [0.15, 0.2) is 5.78 Å². The molecule has 12 nitrogen and oxygen atoms in total. The lowest BCUT2D eigenvalue weighted by atomic mass is 9.81. The SMILES string of the molecule is COc1cccc(C(=O)Oc2ccc(C(=O)CN(C(=O)c3ccc([N+](=O)[O-])cc3)N3C(=O)[C@@H]4CCCC[C@H]4C3=O)cc2)c1. The minimum Gasteiger partial charge on any atom is -0.497 e. The molecule has 3 aromatic rings. The number of nitrogens with zero attached hydrogens (tertiary/aromatic N) is 3. The zero-order chi connectivity index (χ0) is 30.7. The number of nitro benzene ring substituents is 1. The predicted molar refractivity (Wildman–Crippen MR) is 150 cm³/mol. The molecule has 220 valence electrons. The summed E-state index contributed by atoms with van der Waals surface area (Å²) in [6.45, 7) is -0.643. The smallest absolute Gasteiger partial charge is 0.343 e. The summed E-state index contributed by atoms with van der Waals surface area (Å²) in [7, 11) is 1.48. The lowest BCUT2D eigenvalue weighted by molar-refractivity contribution is -0.384. The first kappa shape index (κ1) is 29.1. The fourth-order valence-electron chi connectivity index (χ4n) is 5.34. The van der Waals surface area contributed by atoms with Gasteiger partial charge in [0.1, 0.15) is 18.0 Å². The van der Waals surface area contributed by atoms with Gasteiger partial charge in [0.05, 0.1) is 29.4 Å². The Kier molecular flexibility index (Phi) is 8.28.